The molecule has 12 heteroatoms. The molecule has 0 amide bonds. The van der Waals surface area contributed by atoms with Crippen LogP contribution in [0.1, 0.15) is 138 Å². The number of nitrogens with one attached hydrogen (secondary N) is 1. The molecule has 0 aromatic heterocycles. The van der Waals surface area contributed by atoms with E-state index in [1.54, 1.807) is 5.06 Å². The van der Waals surface area contributed by atoms with Gasteiger partial charge < -0.3 is 15.2 Å². The second-order valence-electron chi connectivity index (χ2n) is 11.0. The first-order chi connectivity index (χ1) is 21.0. The number of nitrogens with two attached hydrogens (primary N) is 1. The highest BCUT2D eigenvalue weighted by Gasteiger charge is 2.65. The van der Waals surface area contributed by atoms with Gasteiger partial charge in [-0.3, -0.25) is 19.4 Å². The Morgan fingerprint density at radius 1 is 0.651 bits per heavy atom. The molecule has 12 nitrogen and oxygen atoms in total. The molecule has 2 unspecified atom stereocenters. The van der Waals surface area contributed by atoms with Crippen LogP contribution in [-0.2, 0) is 28.8 Å². The van der Waals surface area contributed by atoms with Gasteiger partial charge in [-0.25, -0.2) is 0 Å². The number of unbranched alkanes of at least 4 members (excludes halogenated alkanes) is 7. The molecule has 2 atom stereocenters. The standard InChI is InChI=1S/C31H66N6O6/c1-8-15-22-35(41-26-19-12-5)31(39-24-17-10-3)36(42-27-20-13-6)29(32)33-30(38-23-16-9-2,34-40-25-18-11-4)37(31)43-28-21-14-7/h34H,8-28H2,1-7H3,(H2,32,33). The average Bonchev–Trinajstić information content (AvgIpc) is 3.00. The van der Waals surface area contributed by atoms with E-state index < -0.39 is 11.9 Å². The maximum absolute atomic E-state index is 6.91. The third-order valence-electron chi connectivity index (χ3n) is 6.90. The summed E-state index contributed by atoms with van der Waals surface area (Å²) in [6.45, 7) is 18.0. The monoisotopic (exact) mass is 619 g/mol. The van der Waals surface area contributed by atoms with Crippen molar-refractivity contribution in [3.05, 3.63) is 0 Å². The third kappa shape index (κ3) is 12.7. The molecule has 0 aromatic carbocycles. The molecule has 1 heterocycles. The quantitative estimate of drug-likeness (QED) is 0.0552. The number of aliphatic imine (C=N–C) groups is 1. The molecule has 0 aromatic rings. The SMILES string of the molecule is CCCCONC1(OCCCC)N=C(N)N(OCCCC)C(OCCCC)(N(CCCC)OCCCC)N1OCCCC. The molecule has 1 aliphatic heterocycles. The van der Waals surface area contributed by atoms with Gasteiger partial charge in [-0.1, -0.05) is 98.5 Å². The smallest absolute Gasteiger partial charge is 0.341 e. The van der Waals surface area contributed by atoms with E-state index in [0.29, 0.717) is 46.2 Å². The van der Waals surface area contributed by atoms with Gasteiger partial charge in [0.1, 0.15) is 0 Å². The number of hydrogen-bond acceptors (Lipinski definition) is 12. The molecule has 0 radical (unpaired) electrons. The minimum Gasteiger partial charge on any atom is -0.368 e. The van der Waals surface area contributed by atoms with Crippen LogP contribution in [0.3, 0.4) is 0 Å². The minimum absolute atomic E-state index is 0.0756. The third-order valence-corrected chi connectivity index (χ3v) is 6.90. The van der Waals surface area contributed by atoms with Gasteiger partial charge in [-0.2, -0.15) is 10.1 Å². The van der Waals surface area contributed by atoms with Gasteiger partial charge in [0.15, 0.2) is 0 Å². The van der Waals surface area contributed by atoms with Crippen molar-refractivity contribution in [2.45, 2.75) is 150 Å². The number of nitrogens with zero attached hydrogens (tertiary/aromatic N) is 4. The molecule has 0 saturated carbocycles. The van der Waals surface area contributed by atoms with Crippen LogP contribution in [0.25, 0.3) is 0 Å². The molecule has 0 aliphatic carbocycles. The normalized spacial score (nSPS) is 21.2. The van der Waals surface area contributed by atoms with E-state index in [4.69, 9.17) is 39.6 Å². The summed E-state index contributed by atoms with van der Waals surface area (Å²) < 4.78 is 13.5. The summed E-state index contributed by atoms with van der Waals surface area (Å²) in [4.78, 5) is 30.5. The van der Waals surface area contributed by atoms with Crippen LogP contribution in [-0.4, -0.2) is 79.3 Å². The fourth-order valence-corrected chi connectivity index (χ4v) is 4.16. The van der Waals surface area contributed by atoms with Crippen LogP contribution in [0.2, 0.25) is 0 Å². The molecule has 1 aliphatic rings. The molecule has 1 rings (SSSR count). The van der Waals surface area contributed by atoms with Gasteiger partial charge in [0.05, 0.1) is 39.6 Å². The molecule has 43 heavy (non-hydrogen) atoms. The van der Waals surface area contributed by atoms with Crippen molar-refractivity contribution in [3.63, 3.8) is 0 Å². The van der Waals surface area contributed by atoms with Crippen LogP contribution >= 0.6 is 0 Å². The highest BCUT2D eigenvalue weighted by molar-refractivity contribution is 5.78. The zero-order valence-corrected chi connectivity index (χ0v) is 28.7. The molecular formula is C31H66N6O6. The van der Waals surface area contributed by atoms with E-state index in [9.17, 15) is 0 Å². The Kier molecular flexibility index (Phi) is 22.5. The zero-order chi connectivity index (χ0) is 31.8. The van der Waals surface area contributed by atoms with Gasteiger partial charge in [-0.05, 0) is 44.9 Å². The second-order valence-corrected chi connectivity index (χ2v) is 11.0. The van der Waals surface area contributed by atoms with Crippen molar-refractivity contribution < 1.29 is 28.8 Å². The first kappa shape index (κ1) is 39.9. The van der Waals surface area contributed by atoms with Crippen molar-refractivity contribution in [2.24, 2.45) is 10.7 Å². The Balaban J connectivity index is 3.97. The number of rotatable bonds is 29. The Morgan fingerprint density at radius 3 is 1.77 bits per heavy atom. The molecular weight excluding hydrogens is 552 g/mol. The second kappa shape index (κ2) is 24.2. The topological polar surface area (TPSA) is 116 Å². The molecule has 0 saturated heterocycles. The number of hydroxylamine groups is 7. The van der Waals surface area contributed by atoms with Crippen molar-refractivity contribution in [3.8, 4) is 0 Å². The van der Waals surface area contributed by atoms with Crippen LogP contribution in [0, 0.1) is 0 Å². The molecule has 0 fully saturated rings. The Morgan fingerprint density at radius 2 is 1.16 bits per heavy atom. The van der Waals surface area contributed by atoms with Crippen molar-refractivity contribution in [2.75, 3.05) is 46.2 Å². The van der Waals surface area contributed by atoms with Crippen molar-refractivity contribution >= 4 is 5.96 Å². The van der Waals surface area contributed by atoms with Gasteiger partial charge in [0, 0.05) is 6.54 Å². The fraction of sp³-hybridized carbons (Fsp3) is 0.968. The van der Waals surface area contributed by atoms with E-state index >= 15 is 0 Å². The minimum atomic E-state index is -1.67. The fourth-order valence-electron chi connectivity index (χ4n) is 4.16. The molecule has 0 spiro atoms. The lowest BCUT2D eigenvalue weighted by Crippen LogP contribution is -2.82. The Labute approximate surface area is 262 Å². The van der Waals surface area contributed by atoms with Crippen molar-refractivity contribution in [1.82, 2.24) is 20.7 Å². The van der Waals surface area contributed by atoms with Crippen LogP contribution in [0.4, 0.5) is 0 Å². The summed E-state index contributed by atoms with van der Waals surface area (Å²) in [6.07, 6.45) is 12.5. The van der Waals surface area contributed by atoms with E-state index in [2.05, 4.69) is 53.9 Å². The predicted octanol–water partition coefficient (Wildman–Crippen LogP) is 6.39. The highest BCUT2D eigenvalue weighted by atomic mass is 16.9. The zero-order valence-electron chi connectivity index (χ0n) is 28.7. The lowest BCUT2D eigenvalue weighted by molar-refractivity contribution is -0.551. The number of guanidine groups is 1. The first-order valence-corrected chi connectivity index (χ1v) is 17.3. The van der Waals surface area contributed by atoms with Gasteiger partial charge in [-0.15, -0.1) is 10.5 Å². The summed E-state index contributed by atoms with van der Waals surface area (Å²) in [5.74, 6) is -3.21. The van der Waals surface area contributed by atoms with E-state index in [1.807, 2.05) is 5.06 Å². The van der Waals surface area contributed by atoms with Crippen LogP contribution < -0.4 is 11.2 Å². The van der Waals surface area contributed by atoms with Crippen molar-refractivity contribution in [1.29, 1.82) is 0 Å². The molecule has 256 valence electrons. The van der Waals surface area contributed by atoms with Crippen LogP contribution in [0.5, 0.6) is 0 Å². The number of ether oxygens (including phenoxy) is 2. The summed E-state index contributed by atoms with van der Waals surface area (Å²) in [7, 11) is 0. The van der Waals surface area contributed by atoms with Gasteiger partial charge in [0.25, 0.3) is 0 Å². The Bertz CT molecular complexity index is 708. The maximum Gasteiger partial charge on any atom is 0.341 e. The summed E-state index contributed by atoms with van der Waals surface area (Å²) in [5, 5.41) is 4.92. The number of hydrogen-bond donors (Lipinski definition) is 2. The van der Waals surface area contributed by atoms with Gasteiger partial charge in [0.2, 0.25) is 5.96 Å². The molecule has 0 bridgehead atoms. The Hall–Kier alpha value is -1.09. The first-order valence-electron chi connectivity index (χ1n) is 17.3. The van der Waals surface area contributed by atoms with E-state index in [1.165, 1.54) is 5.06 Å². The predicted molar refractivity (Wildman–Crippen MR) is 171 cm³/mol. The highest BCUT2D eigenvalue weighted by Crippen LogP contribution is 2.40. The summed E-state index contributed by atoms with van der Waals surface area (Å²) >= 11 is 0. The van der Waals surface area contributed by atoms with Gasteiger partial charge >= 0.3 is 11.9 Å². The largest absolute Gasteiger partial charge is 0.368 e. The average molecular weight is 619 g/mol. The lowest BCUT2D eigenvalue weighted by Gasteiger charge is -2.57. The lowest BCUT2D eigenvalue weighted by atomic mass is 10.3. The van der Waals surface area contributed by atoms with Crippen LogP contribution in [0.15, 0.2) is 4.99 Å². The van der Waals surface area contributed by atoms with E-state index in [0.717, 1.165) is 89.9 Å². The summed E-state index contributed by atoms with van der Waals surface area (Å²) in [5.41, 5.74) is 9.93. The summed E-state index contributed by atoms with van der Waals surface area (Å²) in [6, 6.07) is 0. The maximum atomic E-state index is 6.91. The van der Waals surface area contributed by atoms with E-state index in [-0.39, 0.29) is 5.96 Å². The molecule has 3 N–H and O–H groups in total.